The quantitative estimate of drug-likeness (QED) is 0.591. The van der Waals surface area contributed by atoms with E-state index in [1.54, 1.807) is 30.3 Å². The van der Waals surface area contributed by atoms with Gasteiger partial charge in [-0.3, -0.25) is 4.79 Å². The highest BCUT2D eigenvalue weighted by molar-refractivity contribution is 6.67. The second kappa shape index (κ2) is 4.18. The summed E-state index contributed by atoms with van der Waals surface area (Å²) in [5.41, 5.74) is 0.453. The zero-order valence-corrected chi connectivity index (χ0v) is 8.70. The van der Waals surface area contributed by atoms with Crippen molar-refractivity contribution in [3.05, 3.63) is 35.9 Å². The molecule has 0 fully saturated rings. The third-order valence-corrected chi connectivity index (χ3v) is 1.57. The van der Waals surface area contributed by atoms with Gasteiger partial charge < -0.3 is 5.32 Å². The first kappa shape index (κ1) is 10.6. The van der Waals surface area contributed by atoms with Crippen molar-refractivity contribution in [2.24, 2.45) is 0 Å². The van der Waals surface area contributed by atoms with E-state index in [0.29, 0.717) is 5.56 Å². The summed E-state index contributed by atoms with van der Waals surface area (Å²) in [5.74, 6) is -0.416. The van der Waals surface area contributed by atoms with Gasteiger partial charge in [0.2, 0.25) is 0 Å². The molecule has 0 aromatic heterocycles. The summed E-state index contributed by atoms with van der Waals surface area (Å²) in [6, 6.07) is 8.52. The maximum atomic E-state index is 11.3. The van der Waals surface area contributed by atoms with Gasteiger partial charge in [-0.25, -0.2) is 0 Å². The summed E-state index contributed by atoms with van der Waals surface area (Å²) in [6.07, 6.45) is 0. The highest BCUT2D eigenvalue weighted by Gasteiger charge is 2.22. The van der Waals surface area contributed by atoms with Crippen LogP contribution in [-0.2, 0) is 0 Å². The molecule has 2 nitrogen and oxygen atoms in total. The summed E-state index contributed by atoms with van der Waals surface area (Å²) in [6.45, 7) is 0. The predicted molar refractivity (Wildman–Crippen MR) is 54.2 cm³/mol. The third-order valence-electron chi connectivity index (χ3n) is 1.29. The Morgan fingerprint density at radius 3 is 2.15 bits per heavy atom. The molecule has 1 aromatic carbocycles. The van der Waals surface area contributed by atoms with Crippen molar-refractivity contribution in [1.29, 1.82) is 0 Å². The Hall–Kier alpha value is -0.440. The van der Waals surface area contributed by atoms with E-state index >= 15 is 0 Å². The van der Waals surface area contributed by atoms with Gasteiger partial charge >= 0.3 is 0 Å². The van der Waals surface area contributed by atoms with Gasteiger partial charge in [0, 0.05) is 5.56 Å². The molecule has 1 aromatic rings. The summed E-state index contributed by atoms with van der Waals surface area (Å²) in [7, 11) is 0. The SMILES string of the molecule is O=C(NC(Cl)(Cl)Cl)c1ccccc1. The monoisotopic (exact) mass is 237 g/mol. The number of hydrogen-bond acceptors (Lipinski definition) is 1. The van der Waals surface area contributed by atoms with Gasteiger partial charge in [-0.1, -0.05) is 53.0 Å². The minimum atomic E-state index is -1.76. The Bertz CT molecular complexity index is 294. The van der Waals surface area contributed by atoms with Crippen LogP contribution in [0.5, 0.6) is 0 Å². The van der Waals surface area contributed by atoms with Gasteiger partial charge in [0.1, 0.15) is 0 Å². The van der Waals surface area contributed by atoms with Crippen molar-refractivity contribution >= 4 is 40.7 Å². The van der Waals surface area contributed by atoms with Crippen LogP contribution in [0, 0.1) is 0 Å². The first-order valence-electron chi connectivity index (χ1n) is 3.43. The van der Waals surface area contributed by atoms with E-state index < -0.39 is 9.82 Å². The summed E-state index contributed by atoms with van der Waals surface area (Å²) in [5, 5.41) is 2.19. The lowest BCUT2D eigenvalue weighted by atomic mass is 10.2. The van der Waals surface area contributed by atoms with Crippen LogP contribution in [0.3, 0.4) is 0 Å². The van der Waals surface area contributed by atoms with Crippen LogP contribution >= 0.6 is 34.8 Å². The van der Waals surface area contributed by atoms with Crippen molar-refractivity contribution in [1.82, 2.24) is 5.32 Å². The van der Waals surface area contributed by atoms with Gasteiger partial charge in [-0.15, -0.1) is 0 Å². The number of carbonyl (C=O) groups is 1. The molecule has 1 amide bonds. The average molecular weight is 239 g/mol. The number of rotatable bonds is 1. The first-order valence-corrected chi connectivity index (χ1v) is 4.57. The van der Waals surface area contributed by atoms with Crippen LogP contribution in [0.1, 0.15) is 10.4 Å². The number of carbonyl (C=O) groups excluding carboxylic acids is 1. The van der Waals surface area contributed by atoms with Gasteiger partial charge in [0.25, 0.3) is 9.82 Å². The molecule has 0 atom stereocenters. The van der Waals surface area contributed by atoms with Crippen LogP contribution in [-0.4, -0.2) is 9.82 Å². The molecule has 0 bridgehead atoms. The van der Waals surface area contributed by atoms with E-state index in [-0.39, 0.29) is 0 Å². The molecule has 0 unspecified atom stereocenters. The van der Waals surface area contributed by atoms with Crippen molar-refractivity contribution in [3.63, 3.8) is 0 Å². The van der Waals surface area contributed by atoms with Gasteiger partial charge in [-0.05, 0) is 12.1 Å². The Morgan fingerprint density at radius 2 is 1.69 bits per heavy atom. The van der Waals surface area contributed by atoms with Crippen LogP contribution in [0.2, 0.25) is 0 Å². The van der Waals surface area contributed by atoms with E-state index in [1.165, 1.54) is 0 Å². The molecule has 0 aliphatic rings. The van der Waals surface area contributed by atoms with Gasteiger partial charge in [-0.2, -0.15) is 0 Å². The smallest absolute Gasteiger partial charge is 0.268 e. The van der Waals surface area contributed by atoms with Crippen LogP contribution in [0.4, 0.5) is 0 Å². The minimum Gasteiger partial charge on any atom is -0.308 e. The molecule has 0 radical (unpaired) electrons. The fourth-order valence-corrected chi connectivity index (χ4v) is 1.05. The molecule has 0 aliphatic heterocycles. The normalized spacial score (nSPS) is 11.0. The largest absolute Gasteiger partial charge is 0.308 e. The maximum Gasteiger partial charge on any atom is 0.268 e. The van der Waals surface area contributed by atoms with E-state index in [9.17, 15) is 4.79 Å². The lowest BCUT2D eigenvalue weighted by Gasteiger charge is -2.12. The number of halogens is 3. The Balaban J connectivity index is 2.71. The lowest BCUT2D eigenvalue weighted by molar-refractivity contribution is 0.0953. The molecule has 0 spiro atoms. The molecule has 0 saturated carbocycles. The summed E-state index contributed by atoms with van der Waals surface area (Å²) < 4.78 is -1.76. The summed E-state index contributed by atoms with van der Waals surface area (Å²) >= 11 is 16.1. The fourth-order valence-electron chi connectivity index (χ4n) is 0.790. The van der Waals surface area contributed by atoms with Crippen molar-refractivity contribution in [2.45, 2.75) is 3.92 Å². The molecule has 1 rings (SSSR count). The number of benzene rings is 1. The highest BCUT2D eigenvalue weighted by Crippen LogP contribution is 2.22. The van der Waals surface area contributed by atoms with Crippen LogP contribution < -0.4 is 5.32 Å². The van der Waals surface area contributed by atoms with E-state index in [1.807, 2.05) is 0 Å². The van der Waals surface area contributed by atoms with Crippen LogP contribution in [0.15, 0.2) is 30.3 Å². The average Bonchev–Trinajstić information content (AvgIpc) is 2.03. The summed E-state index contributed by atoms with van der Waals surface area (Å²) in [4.78, 5) is 11.3. The number of hydrogen-bond donors (Lipinski definition) is 1. The van der Waals surface area contributed by atoms with Gasteiger partial charge in [0.15, 0.2) is 0 Å². The highest BCUT2D eigenvalue weighted by atomic mass is 35.6. The zero-order chi connectivity index (χ0) is 9.90. The minimum absolute atomic E-state index is 0.416. The second-order valence-corrected chi connectivity index (χ2v) is 4.60. The Labute approximate surface area is 90.8 Å². The van der Waals surface area contributed by atoms with E-state index in [0.717, 1.165) is 0 Å². The molecule has 70 valence electrons. The first-order chi connectivity index (χ1) is 5.99. The fraction of sp³-hybridized carbons (Fsp3) is 0.125. The number of nitrogens with one attached hydrogen (secondary N) is 1. The standard InChI is InChI=1S/C8H6Cl3NO/c9-8(10,11)12-7(13)6-4-2-1-3-5-6/h1-5H,(H,12,13). The van der Waals surface area contributed by atoms with Crippen molar-refractivity contribution in [2.75, 3.05) is 0 Å². The van der Waals surface area contributed by atoms with Crippen molar-refractivity contribution < 1.29 is 4.79 Å². The van der Waals surface area contributed by atoms with Crippen LogP contribution in [0.25, 0.3) is 0 Å². The van der Waals surface area contributed by atoms with Crippen molar-refractivity contribution in [3.8, 4) is 0 Å². The zero-order valence-electron chi connectivity index (χ0n) is 6.43. The molecular weight excluding hydrogens is 232 g/mol. The van der Waals surface area contributed by atoms with E-state index in [2.05, 4.69) is 5.32 Å². The topological polar surface area (TPSA) is 29.1 Å². The van der Waals surface area contributed by atoms with E-state index in [4.69, 9.17) is 34.8 Å². The third kappa shape index (κ3) is 3.85. The molecule has 0 heterocycles. The number of alkyl halides is 3. The Morgan fingerprint density at radius 1 is 1.15 bits per heavy atom. The Kier molecular flexibility index (Phi) is 3.42. The lowest BCUT2D eigenvalue weighted by Crippen LogP contribution is -2.34. The number of amides is 1. The molecule has 0 saturated heterocycles. The van der Waals surface area contributed by atoms with Gasteiger partial charge in [0.05, 0.1) is 0 Å². The molecule has 0 aliphatic carbocycles. The second-order valence-electron chi connectivity index (χ2n) is 2.32. The predicted octanol–water partition coefficient (Wildman–Crippen LogP) is 2.74. The molecular formula is C8H6Cl3NO. The molecule has 1 N–H and O–H groups in total. The molecule has 5 heteroatoms. The maximum absolute atomic E-state index is 11.3. The molecule has 13 heavy (non-hydrogen) atoms.